The monoisotopic (exact) mass is 500 g/mol. The quantitative estimate of drug-likeness (QED) is 0.285. The Morgan fingerprint density at radius 3 is 2.33 bits per heavy atom. The van der Waals surface area contributed by atoms with Gasteiger partial charge in [0.2, 0.25) is 0 Å². The molecule has 1 aromatic heterocycles. The van der Waals surface area contributed by atoms with E-state index >= 15 is 0 Å². The molecule has 36 heavy (non-hydrogen) atoms. The predicted octanol–water partition coefficient (Wildman–Crippen LogP) is 2.86. The Bertz CT molecular complexity index is 1030. The summed E-state index contributed by atoms with van der Waals surface area (Å²) in [6.45, 7) is 12.0. The molecule has 0 aliphatic carbocycles. The lowest BCUT2D eigenvalue weighted by Crippen LogP contribution is -2.41. The van der Waals surface area contributed by atoms with E-state index in [9.17, 15) is 14.4 Å². The number of aromatic nitrogens is 1. The molecule has 3 rings (SSSR count). The van der Waals surface area contributed by atoms with Gasteiger partial charge in [0.1, 0.15) is 0 Å². The second kappa shape index (κ2) is 13.8. The molecule has 2 heterocycles. The molecule has 0 spiro atoms. The van der Waals surface area contributed by atoms with Crippen molar-refractivity contribution in [1.82, 2.24) is 9.88 Å². The zero-order chi connectivity index (χ0) is 26.8. The molecule has 0 bridgehead atoms. The normalized spacial score (nSPS) is 19.7. The minimum absolute atomic E-state index is 0.232. The SMILES string of the molecule is C=CC1CN(CC(C)C)CCC1CCC(=O)c1ccnc2ccccc12.O=C(O)C(O)C(O)C(=O)O. The number of carboxylic acids is 2. The molecule has 1 aromatic carbocycles. The van der Waals surface area contributed by atoms with E-state index in [1.807, 2.05) is 30.3 Å². The van der Waals surface area contributed by atoms with E-state index in [1.165, 1.54) is 0 Å². The van der Waals surface area contributed by atoms with Crippen LogP contribution in [0.5, 0.6) is 0 Å². The van der Waals surface area contributed by atoms with Gasteiger partial charge in [-0.15, -0.1) is 6.58 Å². The minimum Gasteiger partial charge on any atom is -0.479 e. The molecule has 4 unspecified atom stereocenters. The number of benzene rings is 1. The fourth-order valence-corrected chi connectivity index (χ4v) is 4.47. The number of carbonyl (C=O) groups is 3. The number of para-hydroxylation sites is 1. The molecule has 4 N–H and O–H groups in total. The number of pyridine rings is 1. The maximum Gasteiger partial charge on any atom is 0.335 e. The van der Waals surface area contributed by atoms with Crippen molar-refractivity contribution < 1.29 is 34.8 Å². The number of fused-ring (bicyclic) bond motifs is 1. The number of carbonyl (C=O) groups excluding carboxylic acids is 1. The van der Waals surface area contributed by atoms with Crippen molar-refractivity contribution in [2.45, 2.75) is 45.3 Å². The van der Waals surface area contributed by atoms with Crippen LogP contribution in [0.25, 0.3) is 10.9 Å². The van der Waals surface area contributed by atoms with E-state index in [-0.39, 0.29) is 5.78 Å². The first-order valence-corrected chi connectivity index (χ1v) is 12.1. The van der Waals surface area contributed by atoms with Gasteiger partial charge in [0.25, 0.3) is 0 Å². The number of aliphatic hydroxyl groups is 2. The molecule has 4 atom stereocenters. The van der Waals surface area contributed by atoms with Crippen molar-refractivity contribution >= 4 is 28.6 Å². The van der Waals surface area contributed by atoms with Crippen molar-refractivity contribution in [3.8, 4) is 0 Å². The molecule has 0 saturated carbocycles. The first-order chi connectivity index (χ1) is 17.0. The van der Waals surface area contributed by atoms with Crippen LogP contribution in [0.4, 0.5) is 0 Å². The molecule has 0 radical (unpaired) electrons. The number of likely N-dealkylation sites (tertiary alicyclic amines) is 1. The van der Waals surface area contributed by atoms with Gasteiger partial charge < -0.3 is 25.3 Å². The van der Waals surface area contributed by atoms with Gasteiger partial charge in [-0.1, -0.05) is 38.1 Å². The van der Waals surface area contributed by atoms with E-state index in [0.717, 1.165) is 48.9 Å². The molecule has 196 valence electrons. The van der Waals surface area contributed by atoms with Crippen molar-refractivity contribution in [3.05, 3.63) is 54.7 Å². The summed E-state index contributed by atoms with van der Waals surface area (Å²) in [5, 5.41) is 33.5. The van der Waals surface area contributed by atoms with Crippen LogP contribution in [0.15, 0.2) is 49.2 Å². The Labute approximate surface area is 211 Å². The van der Waals surface area contributed by atoms with Crippen LogP contribution in [0.2, 0.25) is 0 Å². The zero-order valence-electron chi connectivity index (χ0n) is 20.8. The summed E-state index contributed by atoms with van der Waals surface area (Å²) >= 11 is 0. The van der Waals surface area contributed by atoms with Crippen molar-refractivity contribution in [2.24, 2.45) is 17.8 Å². The first kappa shape index (κ1) is 29.1. The second-order valence-corrected chi connectivity index (χ2v) is 9.51. The highest BCUT2D eigenvalue weighted by Crippen LogP contribution is 2.30. The number of hydrogen-bond donors (Lipinski definition) is 4. The van der Waals surface area contributed by atoms with Crippen LogP contribution < -0.4 is 0 Å². The van der Waals surface area contributed by atoms with Crippen LogP contribution in [-0.4, -0.2) is 79.9 Å². The van der Waals surface area contributed by atoms with Gasteiger partial charge in [-0.05, 0) is 49.3 Å². The van der Waals surface area contributed by atoms with E-state index in [2.05, 4.69) is 36.4 Å². The van der Waals surface area contributed by atoms with E-state index in [0.29, 0.717) is 24.2 Å². The molecule has 1 fully saturated rings. The lowest BCUT2D eigenvalue weighted by molar-refractivity contribution is -0.165. The lowest BCUT2D eigenvalue weighted by atomic mass is 9.81. The van der Waals surface area contributed by atoms with E-state index in [4.69, 9.17) is 20.4 Å². The van der Waals surface area contributed by atoms with E-state index in [1.54, 1.807) is 6.20 Å². The van der Waals surface area contributed by atoms with Gasteiger partial charge in [0.05, 0.1) is 5.52 Å². The summed E-state index contributed by atoms with van der Waals surface area (Å²) in [7, 11) is 0. The fourth-order valence-electron chi connectivity index (χ4n) is 4.47. The summed E-state index contributed by atoms with van der Waals surface area (Å²) in [6.07, 6.45) is 2.02. The number of rotatable bonds is 10. The van der Waals surface area contributed by atoms with Gasteiger partial charge in [-0.25, -0.2) is 9.59 Å². The highest BCUT2D eigenvalue weighted by molar-refractivity contribution is 6.07. The first-order valence-electron chi connectivity index (χ1n) is 12.1. The molecule has 1 aliphatic rings. The molecular formula is C27H36N2O7. The molecule has 1 aliphatic heterocycles. The van der Waals surface area contributed by atoms with Crippen LogP contribution in [0.3, 0.4) is 0 Å². The van der Waals surface area contributed by atoms with Crippen LogP contribution >= 0.6 is 0 Å². The zero-order valence-corrected chi connectivity index (χ0v) is 20.8. The average molecular weight is 501 g/mol. The third-order valence-corrected chi connectivity index (χ3v) is 6.31. The molecule has 1 saturated heterocycles. The third-order valence-electron chi connectivity index (χ3n) is 6.31. The third kappa shape index (κ3) is 8.22. The molecular weight excluding hydrogens is 464 g/mol. The van der Waals surface area contributed by atoms with Gasteiger partial charge in [0.15, 0.2) is 18.0 Å². The Morgan fingerprint density at radius 2 is 1.75 bits per heavy atom. The Kier molecular flexibility index (Phi) is 11.2. The molecule has 9 heteroatoms. The van der Waals surface area contributed by atoms with Crippen LogP contribution in [0, 0.1) is 17.8 Å². The summed E-state index contributed by atoms with van der Waals surface area (Å²) in [5.74, 6) is -1.56. The smallest absolute Gasteiger partial charge is 0.335 e. The number of aliphatic hydroxyl groups excluding tert-OH is 2. The second-order valence-electron chi connectivity index (χ2n) is 9.51. The summed E-state index contributed by atoms with van der Waals surface area (Å²) in [6, 6.07) is 9.75. The number of hydrogen-bond acceptors (Lipinski definition) is 7. The average Bonchev–Trinajstić information content (AvgIpc) is 2.86. The summed E-state index contributed by atoms with van der Waals surface area (Å²) in [4.78, 5) is 39.3. The Morgan fingerprint density at radius 1 is 1.11 bits per heavy atom. The van der Waals surface area contributed by atoms with Crippen molar-refractivity contribution in [3.63, 3.8) is 0 Å². The van der Waals surface area contributed by atoms with Gasteiger partial charge >= 0.3 is 11.9 Å². The Hall–Kier alpha value is -3.14. The Balaban J connectivity index is 0.000000388. The predicted molar refractivity (Wildman–Crippen MR) is 136 cm³/mol. The number of nitrogens with zero attached hydrogens (tertiary/aromatic N) is 2. The molecule has 0 amide bonds. The van der Waals surface area contributed by atoms with Crippen molar-refractivity contribution in [1.29, 1.82) is 0 Å². The molecule has 9 nitrogen and oxygen atoms in total. The molecule has 2 aromatic rings. The summed E-state index contributed by atoms with van der Waals surface area (Å²) < 4.78 is 0. The van der Waals surface area contributed by atoms with Crippen LogP contribution in [-0.2, 0) is 9.59 Å². The standard InChI is InChI=1S/C23H30N2O.C4H6O6/c1-4-18-16-25(15-17(2)3)14-12-19(18)9-10-23(26)21-11-13-24-22-8-6-5-7-20(21)22;5-1(3(7)8)2(6)4(9)10/h4-8,11,13,17-19H,1,9-10,12,14-16H2,2-3H3;1-2,5-6H,(H,7,8)(H,9,10). The van der Waals surface area contributed by atoms with Gasteiger partial charge in [0, 0.05) is 36.7 Å². The van der Waals surface area contributed by atoms with E-state index < -0.39 is 24.1 Å². The summed E-state index contributed by atoms with van der Waals surface area (Å²) in [5.41, 5.74) is 1.70. The van der Waals surface area contributed by atoms with Crippen LogP contribution in [0.1, 0.15) is 43.5 Å². The number of Topliss-reactive ketones (excluding diaryl/α,β-unsaturated/α-hetero) is 1. The minimum atomic E-state index is -2.27. The van der Waals surface area contributed by atoms with Gasteiger partial charge in [-0.3, -0.25) is 9.78 Å². The topological polar surface area (TPSA) is 148 Å². The number of carboxylic acid groups (broad SMARTS) is 2. The van der Waals surface area contributed by atoms with Gasteiger partial charge in [-0.2, -0.15) is 0 Å². The maximum atomic E-state index is 12.8. The number of aliphatic carboxylic acids is 2. The highest BCUT2D eigenvalue weighted by atomic mass is 16.4. The lowest BCUT2D eigenvalue weighted by Gasteiger charge is -2.38. The van der Waals surface area contributed by atoms with Crippen molar-refractivity contribution in [2.75, 3.05) is 19.6 Å². The largest absolute Gasteiger partial charge is 0.479 e. The maximum absolute atomic E-state index is 12.8. The highest BCUT2D eigenvalue weighted by Gasteiger charge is 2.29. The number of ketones is 1. The fraction of sp³-hybridized carbons (Fsp3) is 0.481. The number of piperidine rings is 1.